The van der Waals surface area contributed by atoms with Crippen molar-refractivity contribution in [3.05, 3.63) is 54.6 Å². The Morgan fingerprint density at radius 1 is 0.923 bits per heavy atom. The second-order valence-electron chi connectivity index (χ2n) is 6.36. The SMILES string of the molecule is CCOc1ccccc1N1CCN(CCS(=O)(=O)c2ccccc2)CC1. The first-order valence-corrected chi connectivity index (χ1v) is 10.7. The summed E-state index contributed by atoms with van der Waals surface area (Å²) in [6.45, 7) is 6.65. The number of rotatable bonds is 7. The predicted molar refractivity (Wildman–Crippen MR) is 105 cm³/mol. The van der Waals surface area contributed by atoms with E-state index in [2.05, 4.69) is 15.9 Å². The van der Waals surface area contributed by atoms with E-state index in [0.29, 0.717) is 18.0 Å². The monoisotopic (exact) mass is 374 g/mol. The van der Waals surface area contributed by atoms with Gasteiger partial charge in [0.2, 0.25) is 0 Å². The molecule has 1 aliphatic rings. The lowest BCUT2D eigenvalue weighted by Gasteiger charge is -2.36. The number of ether oxygens (including phenoxy) is 1. The molecule has 0 unspecified atom stereocenters. The zero-order valence-corrected chi connectivity index (χ0v) is 16.0. The molecule has 0 bridgehead atoms. The Labute approximate surface area is 156 Å². The van der Waals surface area contributed by atoms with Crippen LogP contribution in [0, 0.1) is 0 Å². The van der Waals surface area contributed by atoms with Crippen LogP contribution < -0.4 is 9.64 Å². The maximum absolute atomic E-state index is 12.4. The minimum atomic E-state index is -3.21. The summed E-state index contributed by atoms with van der Waals surface area (Å²) in [5.41, 5.74) is 1.12. The lowest BCUT2D eigenvalue weighted by atomic mass is 10.2. The van der Waals surface area contributed by atoms with Crippen LogP contribution in [-0.2, 0) is 9.84 Å². The number of anilines is 1. The van der Waals surface area contributed by atoms with Gasteiger partial charge in [0.05, 0.1) is 22.9 Å². The van der Waals surface area contributed by atoms with E-state index < -0.39 is 9.84 Å². The maximum atomic E-state index is 12.4. The van der Waals surface area contributed by atoms with Crippen LogP contribution >= 0.6 is 0 Å². The number of sulfone groups is 1. The molecule has 1 heterocycles. The van der Waals surface area contributed by atoms with Crippen LogP contribution in [0.5, 0.6) is 5.75 Å². The number of piperazine rings is 1. The Bertz CT molecular complexity index is 801. The van der Waals surface area contributed by atoms with Gasteiger partial charge in [0, 0.05) is 32.7 Å². The van der Waals surface area contributed by atoms with Gasteiger partial charge in [-0.3, -0.25) is 4.90 Å². The van der Waals surface area contributed by atoms with Gasteiger partial charge in [-0.2, -0.15) is 0 Å². The molecule has 6 heteroatoms. The van der Waals surface area contributed by atoms with Crippen LogP contribution in [0.25, 0.3) is 0 Å². The van der Waals surface area contributed by atoms with Gasteiger partial charge in [0.15, 0.2) is 9.84 Å². The van der Waals surface area contributed by atoms with E-state index in [9.17, 15) is 8.42 Å². The van der Waals surface area contributed by atoms with E-state index in [4.69, 9.17) is 4.74 Å². The average Bonchev–Trinajstić information content (AvgIpc) is 2.68. The molecule has 1 aliphatic heterocycles. The Balaban J connectivity index is 1.55. The third-order valence-electron chi connectivity index (χ3n) is 4.66. The van der Waals surface area contributed by atoms with Crippen LogP contribution in [0.4, 0.5) is 5.69 Å². The minimum Gasteiger partial charge on any atom is -0.492 e. The van der Waals surface area contributed by atoms with Gasteiger partial charge >= 0.3 is 0 Å². The number of para-hydroxylation sites is 2. The lowest BCUT2D eigenvalue weighted by Crippen LogP contribution is -2.47. The molecule has 0 amide bonds. The molecule has 0 radical (unpaired) electrons. The Morgan fingerprint density at radius 3 is 2.27 bits per heavy atom. The van der Waals surface area contributed by atoms with E-state index in [1.807, 2.05) is 31.2 Å². The number of hydrogen-bond donors (Lipinski definition) is 0. The van der Waals surface area contributed by atoms with E-state index in [0.717, 1.165) is 37.6 Å². The van der Waals surface area contributed by atoms with Crippen LogP contribution in [-0.4, -0.2) is 58.4 Å². The largest absolute Gasteiger partial charge is 0.492 e. The van der Waals surface area contributed by atoms with Crippen molar-refractivity contribution < 1.29 is 13.2 Å². The van der Waals surface area contributed by atoms with Gasteiger partial charge in [-0.25, -0.2) is 8.42 Å². The van der Waals surface area contributed by atoms with Crippen molar-refractivity contribution in [3.63, 3.8) is 0 Å². The average molecular weight is 375 g/mol. The standard InChI is InChI=1S/C20H26N2O3S/c1-2-25-20-11-7-6-10-19(20)22-14-12-21(13-15-22)16-17-26(23,24)18-8-4-3-5-9-18/h3-11H,2,12-17H2,1H3. The summed E-state index contributed by atoms with van der Waals surface area (Å²) in [5.74, 6) is 1.07. The Hall–Kier alpha value is -2.05. The summed E-state index contributed by atoms with van der Waals surface area (Å²) in [6, 6.07) is 16.8. The van der Waals surface area contributed by atoms with Crippen molar-refractivity contribution >= 4 is 15.5 Å². The third kappa shape index (κ3) is 4.56. The quantitative estimate of drug-likeness (QED) is 0.746. The molecule has 0 N–H and O–H groups in total. The first-order chi connectivity index (χ1) is 12.6. The molecule has 1 saturated heterocycles. The highest BCUT2D eigenvalue weighted by Crippen LogP contribution is 2.28. The van der Waals surface area contributed by atoms with Crippen molar-refractivity contribution in [1.29, 1.82) is 0 Å². The number of hydrogen-bond acceptors (Lipinski definition) is 5. The summed E-state index contributed by atoms with van der Waals surface area (Å²) in [5, 5.41) is 0. The fraction of sp³-hybridized carbons (Fsp3) is 0.400. The highest BCUT2D eigenvalue weighted by atomic mass is 32.2. The van der Waals surface area contributed by atoms with Crippen molar-refractivity contribution in [1.82, 2.24) is 4.90 Å². The van der Waals surface area contributed by atoms with Crippen LogP contribution in [0.2, 0.25) is 0 Å². The van der Waals surface area contributed by atoms with Crippen molar-refractivity contribution in [2.75, 3.05) is 50.0 Å². The molecular weight excluding hydrogens is 348 g/mol. The van der Waals surface area contributed by atoms with Crippen LogP contribution in [0.3, 0.4) is 0 Å². The van der Waals surface area contributed by atoms with Crippen molar-refractivity contribution in [2.24, 2.45) is 0 Å². The van der Waals surface area contributed by atoms with Gasteiger partial charge in [0.1, 0.15) is 5.75 Å². The second-order valence-corrected chi connectivity index (χ2v) is 8.47. The highest BCUT2D eigenvalue weighted by Gasteiger charge is 2.22. The summed E-state index contributed by atoms with van der Waals surface area (Å²) in [6.07, 6.45) is 0. The molecule has 3 rings (SSSR count). The molecular formula is C20H26N2O3S. The first-order valence-electron chi connectivity index (χ1n) is 9.07. The predicted octanol–water partition coefficient (Wildman–Crippen LogP) is 2.68. The molecule has 2 aromatic rings. The summed E-state index contributed by atoms with van der Waals surface area (Å²) >= 11 is 0. The summed E-state index contributed by atoms with van der Waals surface area (Å²) < 4.78 is 30.6. The molecule has 0 aliphatic carbocycles. The third-order valence-corrected chi connectivity index (χ3v) is 6.37. The van der Waals surface area contributed by atoms with E-state index in [1.54, 1.807) is 24.3 Å². The van der Waals surface area contributed by atoms with Crippen molar-refractivity contribution in [3.8, 4) is 5.75 Å². The summed E-state index contributed by atoms with van der Waals surface area (Å²) in [7, 11) is -3.21. The normalized spacial score (nSPS) is 15.8. The van der Waals surface area contributed by atoms with Gasteiger partial charge < -0.3 is 9.64 Å². The van der Waals surface area contributed by atoms with E-state index in [-0.39, 0.29) is 5.75 Å². The van der Waals surface area contributed by atoms with E-state index in [1.165, 1.54) is 0 Å². The zero-order chi connectivity index (χ0) is 18.4. The Morgan fingerprint density at radius 2 is 1.58 bits per heavy atom. The first kappa shape index (κ1) is 18.7. The number of nitrogens with zero attached hydrogens (tertiary/aromatic N) is 2. The number of benzene rings is 2. The van der Waals surface area contributed by atoms with E-state index >= 15 is 0 Å². The smallest absolute Gasteiger partial charge is 0.179 e. The lowest BCUT2D eigenvalue weighted by molar-refractivity contribution is 0.270. The molecule has 1 fully saturated rings. The maximum Gasteiger partial charge on any atom is 0.179 e. The molecule has 0 atom stereocenters. The van der Waals surface area contributed by atoms with Crippen molar-refractivity contribution in [2.45, 2.75) is 11.8 Å². The zero-order valence-electron chi connectivity index (χ0n) is 15.2. The topological polar surface area (TPSA) is 49.9 Å². The fourth-order valence-corrected chi connectivity index (χ4v) is 4.51. The van der Waals surface area contributed by atoms with Gasteiger partial charge in [-0.05, 0) is 31.2 Å². The molecule has 0 spiro atoms. The van der Waals surface area contributed by atoms with Gasteiger partial charge in [0.25, 0.3) is 0 Å². The fourth-order valence-electron chi connectivity index (χ4n) is 3.20. The molecule has 26 heavy (non-hydrogen) atoms. The molecule has 140 valence electrons. The minimum absolute atomic E-state index is 0.159. The van der Waals surface area contributed by atoms with Gasteiger partial charge in [-0.15, -0.1) is 0 Å². The molecule has 0 aromatic heterocycles. The second kappa shape index (κ2) is 8.56. The molecule has 2 aromatic carbocycles. The van der Waals surface area contributed by atoms with Crippen LogP contribution in [0.15, 0.2) is 59.5 Å². The highest BCUT2D eigenvalue weighted by molar-refractivity contribution is 7.91. The van der Waals surface area contributed by atoms with Crippen LogP contribution in [0.1, 0.15) is 6.92 Å². The molecule has 0 saturated carbocycles. The summed E-state index contributed by atoms with van der Waals surface area (Å²) in [4.78, 5) is 4.94. The Kier molecular flexibility index (Phi) is 6.16. The van der Waals surface area contributed by atoms with Gasteiger partial charge in [-0.1, -0.05) is 30.3 Å². The molecule has 5 nitrogen and oxygen atoms in total.